The van der Waals surface area contributed by atoms with Gasteiger partial charge in [0.15, 0.2) is 0 Å². The SMILES string of the molecule is CNCC1CCN(S(=O)(=O)c2ccc(F)cc2C)C1.Cl. The van der Waals surface area contributed by atoms with Crippen molar-refractivity contribution in [2.75, 3.05) is 26.7 Å². The molecule has 1 aromatic rings. The van der Waals surface area contributed by atoms with Crippen molar-refractivity contribution < 1.29 is 12.8 Å². The van der Waals surface area contributed by atoms with E-state index in [-0.39, 0.29) is 17.3 Å². The number of hydrogen-bond donors (Lipinski definition) is 1. The van der Waals surface area contributed by atoms with Crippen molar-refractivity contribution in [1.82, 2.24) is 9.62 Å². The van der Waals surface area contributed by atoms with E-state index in [9.17, 15) is 12.8 Å². The molecule has 0 amide bonds. The van der Waals surface area contributed by atoms with Crippen LogP contribution in [0.25, 0.3) is 0 Å². The molecule has 0 bridgehead atoms. The second-order valence-corrected chi connectivity index (χ2v) is 6.89. The number of nitrogens with zero attached hydrogens (tertiary/aromatic N) is 1. The third-order valence-corrected chi connectivity index (χ3v) is 5.52. The van der Waals surface area contributed by atoms with Gasteiger partial charge < -0.3 is 5.32 Å². The van der Waals surface area contributed by atoms with Gasteiger partial charge in [-0.05, 0) is 56.6 Å². The maximum absolute atomic E-state index is 13.1. The maximum Gasteiger partial charge on any atom is 0.243 e. The van der Waals surface area contributed by atoms with Crippen molar-refractivity contribution in [3.63, 3.8) is 0 Å². The van der Waals surface area contributed by atoms with Crippen LogP contribution in [-0.4, -0.2) is 39.4 Å². The molecule has 1 N–H and O–H groups in total. The predicted octanol–water partition coefficient (Wildman–Crippen LogP) is 1.79. The molecule has 0 aromatic heterocycles. The summed E-state index contributed by atoms with van der Waals surface area (Å²) in [6.45, 7) is 3.50. The molecule has 2 rings (SSSR count). The Morgan fingerprint density at radius 1 is 1.45 bits per heavy atom. The van der Waals surface area contributed by atoms with Crippen LogP contribution in [0.4, 0.5) is 4.39 Å². The lowest BCUT2D eigenvalue weighted by Gasteiger charge is -2.18. The lowest BCUT2D eigenvalue weighted by atomic mass is 10.1. The van der Waals surface area contributed by atoms with Crippen molar-refractivity contribution >= 4 is 22.4 Å². The highest BCUT2D eigenvalue weighted by Gasteiger charge is 2.32. The fraction of sp³-hybridized carbons (Fsp3) is 0.538. The smallest absolute Gasteiger partial charge is 0.243 e. The molecule has 1 aromatic carbocycles. The molecule has 1 aliphatic heterocycles. The molecule has 4 nitrogen and oxygen atoms in total. The highest BCUT2D eigenvalue weighted by molar-refractivity contribution is 7.89. The monoisotopic (exact) mass is 322 g/mol. The Balaban J connectivity index is 0.00000200. The van der Waals surface area contributed by atoms with Crippen LogP contribution in [-0.2, 0) is 10.0 Å². The van der Waals surface area contributed by atoms with Gasteiger partial charge in [0.1, 0.15) is 5.82 Å². The van der Waals surface area contributed by atoms with E-state index in [1.807, 2.05) is 7.05 Å². The van der Waals surface area contributed by atoms with Gasteiger partial charge in [-0.3, -0.25) is 0 Å². The highest BCUT2D eigenvalue weighted by atomic mass is 35.5. The van der Waals surface area contributed by atoms with E-state index in [4.69, 9.17) is 0 Å². The molecule has 1 unspecified atom stereocenters. The zero-order valence-electron chi connectivity index (χ0n) is 11.6. The molecule has 1 aliphatic rings. The van der Waals surface area contributed by atoms with E-state index in [1.54, 1.807) is 6.92 Å². The van der Waals surface area contributed by atoms with Gasteiger partial charge in [-0.2, -0.15) is 4.31 Å². The number of halogens is 2. The average molecular weight is 323 g/mol. The first kappa shape index (κ1) is 17.4. The summed E-state index contributed by atoms with van der Waals surface area (Å²) in [6.07, 6.45) is 0.861. The summed E-state index contributed by atoms with van der Waals surface area (Å²) in [4.78, 5) is 0.207. The fourth-order valence-corrected chi connectivity index (χ4v) is 4.25. The summed E-state index contributed by atoms with van der Waals surface area (Å²) in [5.41, 5.74) is 0.456. The normalized spacial score (nSPS) is 19.9. The van der Waals surface area contributed by atoms with Crippen molar-refractivity contribution in [1.29, 1.82) is 0 Å². The summed E-state index contributed by atoms with van der Waals surface area (Å²) in [7, 11) is -1.64. The lowest BCUT2D eigenvalue weighted by molar-refractivity contribution is 0.450. The molecule has 20 heavy (non-hydrogen) atoms. The largest absolute Gasteiger partial charge is 0.319 e. The van der Waals surface area contributed by atoms with Gasteiger partial charge >= 0.3 is 0 Å². The van der Waals surface area contributed by atoms with E-state index in [0.29, 0.717) is 24.6 Å². The summed E-state index contributed by atoms with van der Waals surface area (Å²) in [6, 6.07) is 3.81. The molecule has 0 aliphatic carbocycles. The van der Waals surface area contributed by atoms with Crippen LogP contribution < -0.4 is 5.32 Å². The van der Waals surface area contributed by atoms with Crippen LogP contribution in [0.2, 0.25) is 0 Å². The molecule has 1 heterocycles. The first-order valence-corrected chi connectivity index (χ1v) is 7.80. The molecule has 1 fully saturated rings. The third-order valence-electron chi connectivity index (χ3n) is 3.50. The maximum atomic E-state index is 13.1. The number of aryl methyl sites for hydroxylation is 1. The lowest BCUT2D eigenvalue weighted by Crippen LogP contribution is -2.30. The Morgan fingerprint density at radius 2 is 2.15 bits per heavy atom. The molecular weight excluding hydrogens is 303 g/mol. The van der Waals surface area contributed by atoms with Crippen molar-refractivity contribution in [2.24, 2.45) is 5.92 Å². The van der Waals surface area contributed by atoms with Crippen LogP contribution >= 0.6 is 12.4 Å². The van der Waals surface area contributed by atoms with Gasteiger partial charge in [-0.25, -0.2) is 12.8 Å². The number of benzene rings is 1. The van der Waals surface area contributed by atoms with Gasteiger partial charge in [0.25, 0.3) is 0 Å². The average Bonchev–Trinajstić information content (AvgIpc) is 2.78. The molecule has 0 radical (unpaired) electrons. The van der Waals surface area contributed by atoms with Crippen LogP contribution in [0.3, 0.4) is 0 Å². The van der Waals surface area contributed by atoms with Crippen molar-refractivity contribution in [3.05, 3.63) is 29.6 Å². The third kappa shape index (κ3) is 3.49. The van der Waals surface area contributed by atoms with Gasteiger partial charge in [0.05, 0.1) is 4.90 Å². The van der Waals surface area contributed by atoms with Crippen LogP contribution in [0, 0.1) is 18.7 Å². The Kier molecular flexibility index (Phi) is 5.94. The Morgan fingerprint density at radius 3 is 2.75 bits per heavy atom. The Hall–Kier alpha value is -0.690. The highest BCUT2D eigenvalue weighted by Crippen LogP contribution is 2.26. The summed E-state index contributed by atoms with van der Waals surface area (Å²) < 4.78 is 39.6. The number of sulfonamides is 1. The minimum absolute atomic E-state index is 0. The van der Waals surface area contributed by atoms with Crippen molar-refractivity contribution in [2.45, 2.75) is 18.2 Å². The van der Waals surface area contributed by atoms with E-state index in [1.165, 1.54) is 22.5 Å². The van der Waals surface area contributed by atoms with Gasteiger partial charge in [-0.15, -0.1) is 12.4 Å². The summed E-state index contributed by atoms with van der Waals surface area (Å²) in [5.74, 6) is -0.0635. The standard InChI is InChI=1S/C13H19FN2O2S.ClH/c1-10-7-12(14)3-4-13(10)19(17,18)16-6-5-11(9-16)8-15-2;/h3-4,7,11,15H,5-6,8-9H2,1-2H3;1H. The minimum atomic E-state index is -3.50. The van der Waals surface area contributed by atoms with E-state index in [2.05, 4.69) is 5.32 Å². The van der Waals surface area contributed by atoms with Gasteiger partial charge in [0.2, 0.25) is 10.0 Å². The molecule has 7 heteroatoms. The van der Waals surface area contributed by atoms with Crippen LogP contribution in [0.15, 0.2) is 23.1 Å². The molecular formula is C13H20ClFN2O2S. The van der Waals surface area contributed by atoms with Crippen molar-refractivity contribution in [3.8, 4) is 0 Å². The zero-order valence-corrected chi connectivity index (χ0v) is 13.2. The Labute approximate surface area is 125 Å². The van der Waals surface area contributed by atoms with Gasteiger partial charge in [0, 0.05) is 13.1 Å². The predicted molar refractivity (Wildman–Crippen MR) is 79.2 cm³/mol. The number of rotatable bonds is 4. The molecule has 0 saturated carbocycles. The molecule has 114 valence electrons. The van der Waals surface area contributed by atoms with E-state index in [0.717, 1.165) is 13.0 Å². The molecule has 1 atom stereocenters. The van der Waals surface area contributed by atoms with Gasteiger partial charge in [-0.1, -0.05) is 0 Å². The quantitative estimate of drug-likeness (QED) is 0.919. The van der Waals surface area contributed by atoms with Crippen LogP contribution in [0.5, 0.6) is 0 Å². The summed E-state index contributed by atoms with van der Waals surface area (Å²) in [5, 5.41) is 3.07. The minimum Gasteiger partial charge on any atom is -0.319 e. The van der Waals surface area contributed by atoms with E-state index < -0.39 is 15.8 Å². The molecule has 0 spiro atoms. The summed E-state index contributed by atoms with van der Waals surface area (Å²) >= 11 is 0. The topological polar surface area (TPSA) is 49.4 Å². The number of hydrogen-bond acceptors (Lipinski definition) is 3. The zero-order chi connectivity index (χ0) is 14.0. The Bertz CT molecular complexity index is 565. The van der Waals surface area contributed by atoms with E-state index >= 15 is 0 Å². The number of nitrogens with one attached hydrogen (secondary N) is 1. The first-order valence-electron chi connectivity index (χ1n) is 6.36. The first-order chi connectivity index (χ1) is 8.95. The van der Waals surface area contributed by atoms with Crippen LogP contribution in [0.1, 0.15) is 12.0 Å². The molecule has 1 saturated heterocycles. The second-order valence-electron chi connectivity index (χ2n) is 4.99. The fourth-order valence-electron chi connectivity index (χ4n) is 2.51. The second kappa shape index (κ2) is 6.85.